The molecule has 33 heavy (non-hydrogen) atoms. The molecule has 3 aromatic rings. The van der Waals surface area contributed by atoms with E-state index in [0.29, 0.717) is 0 Å². The highest BCUT2D eigenvalue weighted by molar-refractivity contribution is 5.85. The molecule has 0 aromatic heterocycles. The van der Waals surface area contributed by atoms with Gasteiger partial charge in [-0.1, -0.05) is 72.8 Å². The second-order valence-corrected chi connectivity index (χ2v) is 7.64. The molecule has 0 aliphatic heterocycles. The zero-order valence-electron chi connectivity index (χ0n) is 17.9. The molecule has 3 aromatic carbocycles. The Morgan fingerprint density at radius 2 is 1.58 bits per heavy atom. The molecule has 0 aliphatic rings. The lowest BCUT2D eigenvalue weighted by molar-refractivity contribution is -0.142. The first-order valence-corrected chi connectivity index (χ1v) is 10.5. The number of benzene rings is 3. The van der Waals surface area contributed by atoms with E-state index in [-0.39, 0.29) is 26.0 Å². The summed E-state index contributed by atoms with van der Waals surface area (Å²) in [6, 6.07) is 21.3. The molecule has 2 atom stereocenters. The molecule has 0 aliphatic carbocycles. The number of carboxylic acids is 1. The van der Waals surface area contributed by atoms with Crippen molar-refractivity contribution in [1.82, 2.24) is 10.6 Å². The fraction of sp³-hybridized carbons (Fsp3) is 0.240. The quantitative estimate of drug-likeness (QED) is 0.376. The SMILES string of the molecule is O=C(C[C@H](O)CNC(=O)OCc1ccccc1)N[C@@H](Cc1ccc2ccccc2c1)C(=O)O. The van der Waals surface area contributed by atoms with E-state index < -0.39 is 30.1 Å². The highest BCUT2D eigenvalue weighted by Crippen LogP contribution is 2.17. The van der Waals surface area contributed by atoms with Crippen LogP contribution in [0.3, 0.4) is 0 Å². The first-order valence-electron chi connectivity index (χ1n) is 10.5. The molecule has 0 unspecified atom stereocenters. The molecule has 172 valence electrons. The van der Waals surface area contributed by atoms with Crippen LogP contribution in [0.2, 0.25) is 0 Å². The molecule has 0 bridgehead atoms. The van der Waals surface area contributed by atoms with Crippen LogP contribution < -0.4 is 10.6 Å². The van der Waals surface area contributed by atoms with E-state index in [4.69, 9.17) is 4.74 Å². The molecule has 4 N–H and O–H groups in total. The Morgan fingerprint density at radius 1 is 0.879 bits per heavy atom. The standard InChI is InChI=1S/C25H26N2O6/c28-21(15-26-25(32)33-16-17-6-2-1-3-7-17)14-23(29)27-22(24(30)31)13-18-10-11-19-8-4-5-9-20(19)12-18/h1-12,21-22,28H,13-16H2,(H,26,32)(H,27,29)(H,30,31)/t21-,22-/m0/s1. The Labute approximate surface area is 191 Å². The predicted molar refractivity (Wildman–Crippen MR) is 122 cm³/mol. The molecule has 8 nitrogen and oxygen atoms in total. The number of rotatable bonds is 10. The van der Waals surface area contributed by atoms with Crippen molar-refractivity contribution in [2.75, 3.05) is 6.54 Å². The lowest BCUT2D eigenvalue weighted by Gasteiger charge is -2.17. The van der Waals surface area contributed by atoms with Gasteiger partial charge in [-0.2, -0.15) is 0 Å². The molecule has 0 saturated heterocycles. The van der Waals surface area contributed by atoms with Crippen molar-refractivity contribution in [2.24, 2.45) is 0 Å². The van der Waals surface area contributed by atoms with E-state index in [1.807, 2.05) is 72.8 Å². The summed E-state index contributed by atoms with van der Waals surface area (Å²) in [5, 5.41) is 26.4. The van der Waals surface area contributed by atoms with E-state index in [0.717, 1.165) is 21.9 Å². The highest BCUT2D eigenvalue weighted by Gasteiger charge is 2.22. The molecular formula is C25H26N2O6. The monoisotopic (exact) mass is 450 g/mol. The summed E-state index contributed by atoms with van der Waals surface area (Å²) in [7, 11) is 0. The summed E-state index contributed by atoms with van der Waals surface area (Å²) in [5.74, 6) is -1.80. The van der Waals surface area contributed by atoms with Gasteiger partial charge in [0.25, 0.3) is 0 Å². The van der Waals surface area contributed by atoms with Crippen molar-refractivity contribution >= 4 is 28.7 Å². The third-order valence-corrected chi connectivity index (χ3v) is 5.00. The molecule has 0 spiro atoms. The Kier molecular flexibility index (Phi) is 8.37. The molecule has 0 saturated carbocycles. The Hall–Kier alpha value is -3.91. The number of fused-ring (bicyclic) bond motifs is 1. The van der Waals surface area contributed by atoms with Crippen molar-refractivity contribution in [1.29, 1.82) is 0 Å². The van der Waals surface area contributed by atoms with Crippen molar-refractivity contribution in [3.63, 3.8) is 0 Å². The van der Waals surface area contributed by atoms with Crippen molar-refractivity contribution in [2.45, 2.75) is 31.6 Å². The summed E-state index contributed by atoms with van der Waals surface area (Å²) in [5.41, 5.74) is 1.59. The number of carboxylic acid groups (broad SMARTS) is 1. The van der Waals surface area contributed by atoms with E-state index in [9.17, 15) is 24.6 Å². The van der Waals surface area contributed by atoms with Gasteiger partial charge in [0.15, 0.2) is 0 Å². The van der Waals surface area contributed by atoms with Crippen LogP contribution in [-0.4, -0.2) is 46.9 Å². The van der Waals surface area contributed by atoms with Gasteiger partial charge in [0.2, 0.25) is 5.91 Å². The predicted octanol–water partition coefficient (Wildman–Crippen LogP) is 2.63. The molecule has 0 radical (unpaired) electrons. The van der Waals surface area contributed by atoms with Gasteiger partial charge in [0.05, 0.1) is 12.5 Å². The maximum Gasteiger partial charge on any atom is 0.407 e. The Bertz CT molecular complexity index is 1100. The van der Waals surface area contributed by atoms with Crippen LogP contribution in [0, 0.1) is 0 Å². The molecule has 0 fully saturated rings. The third kappa shape index (κ3) is 7.62. The van der Waals surface area contributed by atoms with Crippen molar-refractivity contribution in [3.8, 4) is 0 Å². The van der Waals surface area contributed by atoms with Crippen LogP contribution >= 0.6 is 0 Å². The number of nitrogens with one attached hydrogen (secondary N) is 2. The Morgan fingerprint density at radius 3 is 2.30 bits per heavy atom. The van der Waals surface area contributed by atoms with Gasteiger partial charge in [-0.25, -0.2) is 9.59 Å². The van der Waals surface area contributed by atoms with Gasteiger partial charge in [0.1, 0.15) is 12.6 Å². The number of aliphatic carboxylic acids is 1. The van der Waals surface area contributed by atoms with Gasteiger partial charge >= 0.3 is 12.1 Å². The average molecular weight is 450 g/mol. The maximum absolute atomic E-state index is 12.2. The number of carbonyl (C=O) groups is 3. The first-order chi connectivity index (χ1) is 15.9. The summed E-state index contributed by atoms with van der Waals surface area (Å²) in [6.07, 6.45) is -2.17. The van der Waals surface area contributed by atoms with Crippen LogP contribution in [0.4, 0.5) is 4.79 Å². The second-order valence-electron chi connectivity index (χ2n) is 7.64. The summed E-state index contributed by atoms with van der Waals surface area (Å²) in [6.45, 7) is -0.123. The first kappa shape index (κ1) is 23.7. The van der Waals surface area contributed by atoms with E-state index in [1.54, 1.807) is 0 Å². The van der Waals surface area contributed by atoms with Gasteiger partial charge in [0, 0.05) is 13.0 Å². The van der Waals surface area contributed by atoms with Crippen LogP contribution in [0.25, 0.3) is 10.8 Å². The number of amides is 2. The van der Waals surface area contributed by atoms with E-state index >= 15 is 0 Å². The zero-order chi connectivity index (χ0) is 23.6. The second kappa shape index (κ2) is 11.6. The topological polar surface area (TPSA) is 125 Å². The van der Waals surface area contributed by atoms with Crippen LogP contribution in [0.1, 0.15) is 17.5 Å². The number of hydrogen-bond donors (Lipinski definition) is 4. The van der Waals surface area contributed by atoms with E-state index in [1.165, 1.54) is 0 Å². The molecule has 3 rings (SSSR count). The largest absolute Gasteiger partial charge is 0.480 e. The normalized spacial score (nSPS) is 12.5. The van der Waals surface area contributed by atoms with Crippen molar-refractivity contribution < 1.29 is 29.3 Å². The number of carbonyl (C=O) groups excluding carboxylic acids is 2. The molecule has 2 amide bonds. The summed E-state index contributed by atoms with van der Waals surface area (Å²) in [4.78, 5) is 35.6. The number of hydrogen-bond acceptors (Lipinski definition) is 5. The third-order valence-electron chi connectivity index (χ3n) is 5.00. The lowest BCUT2D eigenvalue weighted by Crippen LogP contribution is -2.44. The number of aliphatic hydroxyl groups is 1. The fourth-order valence-electron chi connectivity index (χ4n) is 3.32. The van der Waals surface area contributed by atoms with Gasteiger partial charge in [-0.3, -0.25) is 4.79 Å². The van der Waals surface area contributed by atoms with Crippen LogP contribution in [-0.2, 0) is 27.4 Å². The lowest BCUT2D eigenvalue weighted by atomic mass is 10.0. The smallest absolute Gasteiger partial charge is 0.407 e. The number of aliphatic hydroxyl groups excluding tert-OH is 1. The van der Waals surface area contributed by atoms with Crippen molar-refractivity contribution in [3.05, 3.63) is 83.9 Å². The maximum atomic E-state index is 12.2. The number of alkyl carbamates (subject to hydrolysis) is 1. The zero-order valence-corrected chi connectivity index (χ0v) is 17.9. The minimum Gasteiger partial charge on any atom is -0.480 e. The molecule has 8 heteroatoms. The summed E-state index contributed by atoms with van der Waals surface area (Å²) < 4.78 is 5.04. The molecular weight excluding hydrogens is 424 g/mol. The van der Waals surface area contributed by atoms with Gasteiger partial charge < -0.3 is 25.6 Å². The van der Waals surface area contributed by atoms with E-state index in [2.05, 4.69) is 10.6 Å². The molecule has 0 heterocycles. The minimum atomic E-state index is -1.19. The van der Waals surface area contributed by atoms with Gasteiger partial charge in [-0.15, -0.1) is 0 Å². The number of ether oxygens (including phenoxy) is 1. The van der Waals surface area contributed by atoms with Crippen LogP contribution in [0.15, 0.2) is 72.8 Å². The van der Waals surface area contributed by atoms with Crippen LogP contribution in [0.5, 0.6) is 0 Å². The highest BCUT2D eigenvalue weighted by atomic mass is 16.5. The summed E-state index contributed by atoms with van der Waals surface area (Å²) >= 11 is 0. The minimum absolute atomic E-state index is 0.0817. The Balaban J connectivity index is 1.44. The average Bonchev–Trinajstić information content (AvgIpc) is 2.81. The van der Waals surface area contributed by atoms with Gasteiger partial charge in [-0.05, 0) is 21.9 Å². The fourth-order valence-corrected chi connectivity index (χ4v) is 3.32.